The fourth-order valence-electron chi connectivity index (χ4n) is 3.10. The molecule has 0 spiro atoms. The van der Waals surface area contributed by atoms with Crippen molar-refractivity contribution in [2.75, 3.05) is 5.32 Å². The van der Waals surface area contributed by atoms with Gasteiger partial charge in [0.1, 0.15) is 6.54 Å². The van der Waals surface area contributed by atoms with Crippen LogP contribution in [0.15, 0.2) is 54.9 Å². The molecule has 7 nitrogen and oxygen atoms in total. The van der Waals surface area contributed by atoms with Crippen molar-refractivity contribution in [1.82, 2.24) is 24.8 Å². The van der Waals surface area contributed by atoms with Crippen LogP contribution in [0.1, 0.15) is 12.5 Å². The highest BCUT2D eigenvalue weighted by molar-refractivity contribution is 5.91. The molecule has 0 aliphatic rings. The lowest BCUT2D eigenvalue weighted by molar-refractivity contribution is -0.116. The molecule has 0 unspecified atom stereocenters. The third-order valence-electron chi connectivity index (χ3n) is 4.48. The maximum atomic E-state index is 12.3. The van der Waals surface area contributed by atoms with Gasteiger partial charge < -0.3 is 5.32 Å². The summed E-state index contributed by atoms with van der Waals surface area (Å²) in [6.45, 7) is 4.81. The Hall–Kier alpha value is -3.48. The molecule has 0 aliphatic heterocycles. The van der Waals surface area contributed by atoms with E-state index in [1.54, 1.807) is 10.9 Å². The largest absolute Gasteiger partial charge is 0.306 e. The average Bonchev–Trinajstić information content (AvgIpc) is 3.28. The van der Waals surface area contributed by atoms with E-state index in [4.69, 9.17) is 0 Å². The minimum Gasteiger partial charge on any atom is -0.306 e. The zero-order valence-electron chi connectivity index (χ0n) is 15.3. The monoisotopic (exact) mass is 360 g/mol. The molecule has 4 rings (SSSR count). The molecular formula is C20H20N6O. The first-order valence-corrected chi connectivity index (χ1v) is 8.85. The van der Waals surface area contributed by atoms with Crippen molar-refractivity contribution in [3.05, 3.63) is 60.4 Å². The lowest BCUT2D eigenvalue weighted by Crippen LogP contribution is -2.19. The standard InChI is InChI=1S/C20H20N6O/c1-3-26-22-12-19(24-26)23-20(27)13-25-18-9-8-15(10-16(18)11-21-25)17-7-5-4-6-14(17)2/h4-12H,3,13H2,1-2H3,(H,23,24,27). The molecule has 136 valence electrons. The predicted octanol–water partition coefficient (Wildman–Crippen LogP) is 3.26. The smallest absolute Gasteiger partial charge is 0.247 e. The normalized spacial score (nSPS) is 11.0. The van der Waals surface area contributed by atoms with Crippen LogP contribution in [0.5, 0.6) is 0 Å². The zero-order chi connectivity index (χ0) is 18.8. The number of aryl methyl sites for hydroxylation is 2. The Morgan fingerprint density at radius 3 is 2.74 bits per heavy atom. The summed E-state index contributed by atoms with van der Waals surface area (Å²) < 4.78 is 1.69. The highest BCUT2D eigenvalue weighted by Gasteiger charge is 2.11. The van der Waals surface area contributed by atoms with E-state index in [9.17, 15) is 4.79 Å². The lowest BCUT2D eigenvalue weighted by atomic mass is 10.00. The van der Waals surface area contributed by atoms with Crippen LogP contribution in [0.4, 0.5) is 5.82 Å². The fourth-order valence-corrected chi connectivity index (χ4v) is 3.10. The zero-order valence-corrected chi connectivity index (χ0v) is 15.3. The number of carbonyl (C=O) groups is 1. The number of hydrogen-bond donors (Lipinski definition) is 1. The van der Waals surface area contributed by atoms with Gasteiger partial charge in [0.15, 0.2) is 5.82 Å². The highest BCUT2D eigenvalue weighted by atomic mass is 16.2. The minimum absolute atomic E-state index is 0.117. The molecule has 0 saturated carbocycles. The number of amides is 1. The molecule has 0 fully saturated rings. The van der Waals surface area contributed by atoms with E-state index in [1.165, 1.54) is 22.1 Å². The Balaban J connectivity index is 1.55. The predicted molar refractivity (Wildman–Crippen MR) is 104 cm³/mol. The van der Waals surface area contributed by atoms with Gasteiger partial charge in [-0.15, -0.1) is 5.10 Å². The molecule has 2 aromatic heterocycles. The van der Waals surface area contributed by atoms with Gasteiger partial charge in [-0.05, 0) is 42.7 Å². The molecule has 4 aromatic rings. The summed E-state index contributed by atoms with van der Waals surface area (Å²) in [6.07, 6.45) is 3.33. The van der Waals surface area contributed by atoms with E-state index in [-0.39, 0.29) is 12.5 Å². The number of nitrogens with one attached hydrogen (secondary N) is 1. The van der Waals surface area contributed by atoms with E-state index in [0.717, 1.165) is 16.5 Å². The first-order valence-electron chi connectivity index (χ1n) is 8.85. The van der Waals surface area contributed by atoms with E-state index in [2.05, 4.69) is 51.8 Å². The number of hydrogen-bond acceptors (Lipinski definition) is 4. The second kappa shape index (κ2) is 7.03. The number of fused-ring (bicyclic) bond motifs is 1. The number of anilines is 1. The maximum absolute atomic E-state index is 12.3. The second-order valence-electron chi connectivity index (χ2n) is 6.36. The van der Waals surface area contributed by atoms with Crippen molar-refractivity contribution in [2.45, 2.75) is 26.9 Å². The molecule has 0 atom stereocenters. The van der Waals surface area contributed by atoms with Gasteiger partial charge in [-0.25, -0.2) is 0 Å². The molecule has 0 aliphatic carbocycles. The molecule has 1 N–H and O–H groups in total. The minimum atomic E-state index is -0.189. The van der Waals surface area contributed by atoms with E-state index in [0.29, 0.717) is 12.4 Å². The average molecular weight is 360 g/mol. The Bertz CT molecular complexity index is 1110. The van der Waals surface area contributed by atoms with E-state index < -0.39 is 0 Å². The molecular weight excluding hydrogens is 340 g/mol. The SMILES string of the molecule is CCn1ncc(NC(=O)Cn2ncc3cc(-c4ccccc4C)ccc32)n1. The number of nitrogens with zero attached hydrogens (tertiary/aromatic N) is 5. The van der Waals surface area contributed by atoms with Gasteiger partial charge in [-0.2, -0.15) is 15.0 Å². The third kappa shape index (κ3) is 3.44. The fraction of sp³-hybridized carbons (Fsp3) is 0.200. The summed E-state index contributed by atoms with van der Waals surface area (Å²) in [5.74, 6) is 0.256. The van der Waals surface area contributed by atoms with Crippen LogP contribution in [0, 0.1) is 6.92 Å². The summed E-state index contributed by atoms with van der Waals surface area (Å²) in [6, 6.07) is 14.5. The Morgan fingerprint density at radius 1 is 1.11 bits per heavy atom. The quantitative estimate of drug-likeness (QED) is 0.592. The second-order valence-corrected chi connectivity index (χ2v) is 6.36. The summed E-state index contributed by atoms with van der Waals surface area (Å²) in [5, 5.41) is 16.3. The van der Waals surface area contributed by atoms with Crippen LogP contribution in [0.2, 0.25) is 0 Å². The van der Waals surface area contributed by atoms with Crippen LogP contribution >= 0.6 is 0 Å². The van der Waals surface area contributed by atoms with Gasteiger partial charge >= 0.3 is 0 Å². The Labute approximate surface area is 156 Å². The van der Waals surface area contributed by atoms with Crippen molar-refractivity contribution in [1.29, 1.82) is 0 Å². The highest BCUT2D eigenvalue weighted by Crippen LogP contribution is 2.26. The third-order valence-corrected chi connectivity index (χ3v) is 4.48. The van der Waals surface area contributed by atoms with Gasteiger partial charge in [0.05, 0.1) is 24.5 Å². The van der Waals surface area contributed by atoms with Crippen LogP contribution < -0.4 is 5.32 Å². The van der Waals surface area contributed by atoms with Crippen LogP contribution in [0.25, 0.3) is 22.0 Å². The first kappa shape index (κ1) is 17.0. The summed E-state index contributed by atoms with van der Waals surface area (Å²) in [4.78, 5) is 13.8. The van der Waals surface area contributed by atoms with Crippen molar-refractivity contribution in [3.63, 3.8) is 0 Å². The number of benzene rings is 2. The topological polar surface area (TPSA) is 77.6 Å². The van der Waals surface area contributed by atoms with Gasteiger partial charge in [0.2, 0.25) is 5.91 Å². The van der Waals surface area contributed by atoms with Gasteiger partial charge in [0.25, 0.3) is 0 Å². The van der Waals surface area contributed by atoms with E-state index >= 15 is 0 Å². The molecule has 7 heteroatoms. The number of rotatable bonds is 5. The van der Waals surface area contributed by atoms with Gasteiger partial charge in [-0.3, -0.25) is 9.48 Å². The molecule has 0 bridgehead atoms. The Kier molecular flexibility index (Phi) is 4.42. The van der Waals surface area contributed by atoms with Crippen molar-refractivity contribution in [2.24, 2.45) is 0 Å². The molecule has 27 heavy (non-hydrogen) atoms. The van der Waals surface area contributed by atoms with E-state index in [1.807, 2.05) is 25.1 Å². The summed E-state index contributed by atoms with van der Waals surface area (Å²) >= 11 is 0. The van der Waals surface area contributed by atoms with Crippen LogP contribution in [0.3, 0.4) is 0 Å². The first-order chi connectivity index (χ1) is 13.1. The summed E-state index contributed by atoms with van der Waals surface area (Å²) in [7, 11) is 0. The maximum Gasteiger partial charge on any atom is 0.247 e. The van der Waals surface area contributed by atoms with Crippen molar-refractivity contribution in [3.8, 4) is 11.1 Å². The summed E-state index contributed by atoms with van der Waals surface area (Å²) in [5.41, 5.74) is 4.48. The van der Waals surface area contributed by atoms with Crippen molar-refractivity contribution < 1.29 is 4.79 Å². The Morgan fingerprint density at radius 2 is 1.96 bits per heavy atom. The molecule has 1 amide bonds. The lowest BCUT2D eigenvalue weighted by Gasteiger charge is -2.07. The van der Waals surface area contributed by atoms with Gasteiger partial charge in [-0.1, -0.05) is 30.3 Å². The molecule has 2 aromatic carbocycles. The van der Waals surface area contributed by atoms with Crippen LogP contribution in [-0.2, 0) is 17.9 Å². The van der Waals surface area contributed by atoms with Crippen LogP contribution in [-0.4, -0.2) is 30.7 Å². The molecule has 0 radical (unpaired) electrons. The van der Waals surface area contributed by atoms with Crippen molar-refractivity contribution >= 4 is 22.6 Å². The molecule has 0 saturated heterocycles. The van der Waals surface area contributed by atoms with Gasteiger partial charge in [0, 0.05) is 5.39 Å². The number of carbonyl (C=O) groups excluding carboxylic acids is 1. The molecule has 2 heterocycles. The number of aromatic nitrogens is 5.